The van der Waals surface area contributed by atoms with Gasteiger partial charge in [0.15, 0.2) is 5.96 Å². The van der Waals surface area contributed by atoms with E-state index in [1.807, 2.05) is 42.2 Å². The van der Waals surface area contributed by atoms with Crippen molar-refractivity contribution in [2.75, 3.05) is 32.8 Å². The van der Waals surface area contributed by atoms with Gasteiger partial charge in [-0.25, -0.2) is 0 Å². The molecule has 1 saturated heterocycles. The molecule has 146 valence electrons. The van der Waals surface area contributed by atoms with Crippen molar-refractivity contribution >= 4 is 35.8 Å². The Labute approximate surface area is 173 Å². The summed E-state index contributed by atoms with van der Waals surface area (Å²) in [7, 11) is 0. The minimum absolute atomic E-state index is 0. The van der Waals surface area contributed by atoms with Gasteiger partial charge in [0.2, 0.25) is 5.91 Å². The Balaban J connectivity index is 0.00000338. The zero-order valence-corrected chi connectivity index (χ0v) is 18.1. The topological polar surface area (TPSA) is 66.0 Å². The molecule has 1 aliphatic heterocycles. The zero-order chi connectivity index (χ0) is 17.9. The van der Waals surface area contributed by atoms with Crippen molar-refractivity contribution in [3.05, 3.63) is 30.3 Å². The number of amides is 1. The van der Waals surface area contributed by atoms with Crippen LogP contribution in [0, 0.1) is 0 Å². The average Bonchev–Trinajstić information content (AvgIpc) is 3.10. The third-order valence-electron chi connectivity index (χ3n) is 4.11. The number of rotatable bonds is 8. The Hall–Kier alpha value is -1.51. The van der Waals surface area contributed by atoms with E-state index in [0.717, 1.165) is 44.2 Å². The number of guanidine groups is 1. The molecule has 0 spiro atoms. The Bertz CT molecular complexity index is 554. The monoisotopic (exact) mass is 474 g/mol. The molecular weight excluding hydrogens is 443 g/mol. The van der Waals surface area contributed by atoms with Gasteiger partial charge in [-0.1, -0.05) is 25.1 Å². The van der Waals surface area contributed by atoms with Crippen molar-refractivity contribution in [1.82, 2.24) is 15.5 Å². The lowest BCUT2D eigenvalue weighted by molar-refractivity contribution is -0.129. The third-order valence-corrected chi connectivity index (χ3v) is 4.11. The average molecular weight is 474 g/mol. The number of aliphatic imine (C=N–C) groups is 1. The molecule has 1 amide bonds. The van der Waals surface area contributed by atoms with Crippen molar-refractivity contribution in [2.45, 2.75) is 39.2 Å². The third kappa shape index (κ3) is 7.80. The summed E-state index contributed by atoms with van der Waals surface area (Å²) in [6, 6.07) is 10.1. The Morgan fingerprint density at radius 3 is 2.77 bits per heavy atom. The lowest BCUT2D eigenvalue weighted by Crippen LogP contribution is -2.45. The Morgan fingerprint density at radius 2 is 2.08 bits per heavy atom. The van der Waals surface area contributed by atoms with Crippen LogP contribution in [-0.2, 0) is 4.79 Å². The predicted molar refractivity (Wildman–Crippen MR) is 116 cm³/mol. The number of hydrogen-bond acceptors (Lipinski definition) is 3. The van der Waals surface area contributed by atoms with Crippen LogP contribution in [0.4, 0.5) is 0 Å². The highest BCUT2D eigenvalue weighted by atomic mass is 127. The minimum Gasteiger partial charge on any atom is -0.494 e. The smallest absolute Gasteiger partial charge is 0.222 e. The number of ether oxygens (including phenoxy) is 1. The van der Waals surface area contributed by atoms with Gasteiger partial charge in [-0.05, 0) is 25.5 Å². The maximum atomic E-state index is 11.8. The number of likely N-dealkylation sites (tertiary alicyclic amines) is 1. The van der Waals surface area contributed by atoms with Crippen molar-refractivity contribution in [3.8, 4) is 5.75 Å². The molecule has 0 bridgehead atoms. The predicted octanol–water partition coefficient (Wildman–Crippen LogP) is 2.64. The largest absolute Gasteiger partial charge is 0.494 e. The molecule has 1 atom stereocenters. The molecule has 0 saturated carbocycles. The number of halogens is 1. The van der Waals surface area contributed by atoms with E-state index in [0.29, 0.717) is 19.6 Å². The Morgan fingerprint density at radius 1 is 1.31 bits per heavy atom. The van der Waals surface area contributed by atoms with Crippen LogP contribution in [0.2, 0.25) is 0 Å². The summed E-state index contributed by atoms with van der Waals surface area (Å²) >= 11 is 0. The molecule has 1 heterocycles. The lowest BCUT2D eigenvalue weighted by atomic mass is 10.3. The zero-order valence-electron chi connectivity index (χ0n) is 15.7. The van der Waals surface area contributed by atoms with Gasteiger partial charge in [0.25, 0.3) is 0 Å². The fourth-order valence-electron chi connectivity index (χ4n) is 2.80. The van der Waals surface area contributed by atoms with Gasteiger partial charge in [0.1, 0.15) is 5.75 Å². The quantitative estimate of drug-likeness (QED) is 0.263. The first-order valence-electron chi connectivity index (χ1n) is 9.23. The molecule has 7 heteroatoms. The van der Waals surface area contributed by atoms with E-state index in [1.165, 1.54) is 0 Å². The number of carbonyl (C=O) groups is 1. The number of para-hydroxylation sites is 1. The first-order valence-corrected chi connectivity index (χ1v) is 9.23. The molecule has 2 N–H and O–H groups in total. The highest BCUT2D eigenvalue weighted by Crippen LogP contribution is 2.10. The molecule has 0 aliphatic carbocycles. The molecule has 2 rings (SSSR count). The Kier molecular flexibility index (Phi) is 11.1. The summed E-state index contributed by atoms with van der Waals surface area (Å²) in [5.41, 5.74) is 0. The van der Waals surface area contributed by atoms with E-state index in [2.05, 4.69) is 22.5 Å². The second-order valence-electron chi connectivity index (χ2n) is 6.10. The fourth-order valence-corrected chi connectivity index (χ4v) is 2.80. The molecule has 1 aromatic rings. The molecular formula is C19H31IN4O2. The minimum atomic E-state index is 0. The SMILES string of the molecule is CCNC(=NCCCOc1ccccc1)NC1CCN(C(=O)CC)C1.I. The molecule has 1 aliphatic rings. The van der Waals surface area contributed by atoms with Crippen LogP contribution in [0.1, 0.15) is 33.1 Å². The van der Waals surface area contributed by atoms with Crippen LogP contribution < -0.4 is 15.4 Å². The van der Waals surface area contributed by atoms with E-state index in [9.17, 15) is 4.79 Å². The van der Waals surface area contributed by atoms with Crippen molar-refractivity contribution in [3.63, 3.8) is 0 Å². The van der Waals surface area contributed by atoms with Gasteiger partial charge < -0.3 is 20.3 Å². The van der Waals surface area contributed by atoms with Crippen LogP contribution >= 0.6 is 24.0 Å². The summed E-state index contributed by atoms with van der Waals surface area (Å²) in [4.78, 5) is 18.3. The first-order chi connectivity index (χ1) is 12.2. The second kappa shape index (κ2) is 12.8. The van der Waals surface area contributed by atoms with Gasteiger partial charge in [0, 0.05) is 45.1 Å². The van der Waals surface area contributed by atoms with E-state index >= 15 is 0 Å². The fraction of sp³-hybridized carbons (Fsp3) is 0.579. The van der Waals surface area contributed by atoms with E-state index in [4.69, 9.17) is 4.74 Å². The highest BCUT2D eigenvalue weighted by molar-refractivity contribution is 14.0. The van der Waals surface area contributed by atoms with E-state index in [-0.39, 0.29) is 35.9 Å². The van der Waals surface area contributed by atoms with Crippen LogP contribution in [0.25, 0.3) is 0 Å². The second-order valence-corrected chi connectivity index (χ2v) is 6.10. The van der Waals surface area contributed by atoms with Gasteiger partial charge in [-0.3, -0.25) is 9.79 Å². The van der Waals surface area contributed by atoms with Crippen LogP contribution in [0.15, 0.2) is 35.3 Å². The first kappa shape index (κ1) is 22.5. The van der Waals surface area contributed by atoms with Gasteiger partial charge in [-0.15, -0.1) is 24.0 Å². The van der Waals surface area contributed by atoms with Crippen LogP contribution in [0.3, 0.4) is 0 Å². The summed E-state index contributed by atoms with van der Waals surface area (Å²) < 4.78 is 5.68. The summed E-state index contributed by atoms with van der Waals surface area (Å²) in [6.07, 6.45) is 2.39. The number of carbonyl (C=O) groups excluding carboxylic acids is 1. The van der Waals surface area contributed by atoms with Crippen LogP contribution in [-0.4, -0.2) is 55.6 Å². The molecule has 0 aromatic heterocycles. The molecule has 1 unspecified atom stereocenters. The lowest BCUT2D eigenvalue weighted by Gasteiger charge is -2.18. The summed E-state index contributed by atoms with van der Waals surface area (Å²) in [6.45, 7) is 7.71. The summed E-state index contributed by atoms with van der Waals surface area (Å²) in [5, 5.41) is 6.71. The van der Waals surface area contributed by atoms with Crippen LogP contribution in [0.5, 0.6) is 5.75 Å². The number of nitrogens with one attached hydrogen (secondary N) is 2. The highest BCUT2D eigenvalue weighted by Gasteiger charge is 2.25. The standard InChI is InChI=1S/C19H30N4O2.HI/c1-3-18(24)23-13-11-16(15-23)22-19(20-4-2)21-12-8-14-25-17-9-6-5-7-10-17;/h5-7,9-10,16H,3-4,8,11-15H2,1-2H3,(H2,20,21,22);1H. The number of benzene rings is 1. The number of hydrogen-bond donors (Lipinski definition) is 2. The number of nitrogens with zero attached hydrogens (tertiary/aromatic N) is 2. The van der Waals surface area contributed by atoms with E-state index < -0.39 is 0 Å². The van der Waals surface area contributed by atoms with Crippen molar-refractivity contribution < 1.29 is 9.53 Å². The van der Waals surface area contributed by atoms with Gasteiger partial charge in [0.05, 0.1) is 6.61 Å². The van der Waals surface area contributed by atoms with Gasteiger partial charge in [-0.2, -0.15) is 0 Å². The molecule has 6 nitrogen and oxygen atoms in total. The molecule has 1 fully saturated rings. The summed E-state index contributed by atoms with van der Waals surface area (Å²) in [5.74, 6) is 1.94. The van der Waals surface area contributed by atoms with Crippen molar-refractivity contribution in [1.29, 1.82) is 0 Å². The molecule has 1 aromatic carbocycles. The molecule has 0 radical (unpaired) electrons. The normalized spacial score (nSPS) is 16.8. The van der Waals surface area contributed by atoms with Crippen molar-refractivity contribution in [2.24, 2.45) is 4.99 Å². The van der Waals surface area contributed by atoms with Gasteiger partial charge >= 0.3 is 0 Å². The maximum absolute atomic E-state index is 11.8. The van der Waals surface area contributed by atoms with E-state index in [1.54, 1.807) is 0 Å². The maximum Gasteiger partial charge on any atom is 0.222 e. The molecule has 26 heavy (non-hydrogen) atoms.